The zero-order valence-electron chi connectivity index (χ0n) is 5.80. The molecule has 0 bridgehead atoms. The molecule has 0 unspecified atom stereocenters. The maximum absolute atomic E-state index is 10.6. The van der Waals surface area contributed by atoms with Crippen LogP contribution < -0.4 is 0 Å². The van der Waals surface area contributed by atoms with Gasteiger partial charge in [0.05, 0.1) is 12.5 Å². The van der Waals surface area contributed by atoms with Gasteiger partial charge in [0, 0.05) is 6.42 Å². The van der Waals surface area contributed by atoms with Gasteiger partial charge in [-0.2, -0.15) is 0 Å². The van der Waals surface area contributed by atoms with Crippen LogP contribution in [-0.4, -0.2) is 39.8 Å². The summed E-state index contributed by atoms with van der Waals surface area (Å²) < 4.78 is 4.52. The van der Waals surface area contributed by atoms with Crippen LogP contribution >= 0.6 is 0 Å². The summed E-state index contributed by atoms with van der Waals surface area (Å²) >= 11 is 0. The lowest BCUT2D eigenvalue weighted by atomic mass is 10.1. The van der Waals surface area contributed by atoms with Crippen LogP contribution in [0, 0.1) is 0 Å². The predicted molar refractivity (Wildman–Crippen MR) is 33.3 cm³/mol. The van der Waals surface area contributed by atoms with Crippen LogP contribution in [0.4, 0.5) is 0 Å². The average Bonchev–Trinajstić information content (AvgIpc) is 1.85. The fourth-order valence-electron chi connectivity index (χ4n) is 0.992. The molecule has 64 valence electrons. The molecule has 0 aromatic rings. The Morgan fingerprint density at radius 3 is 2.64 bits per heavy atom. The number of ether oxygens (including phenoxy) is 1. The van der Waals surface area contributed by atoms with Gasteiger partial charge >= 0.3 is 5.97 Å². The van der Waals surface area contributed by atoms with Gasteiger partial charge in [-0.3, -0.25) is 4.79 Å². The van der Waals surface area contributed by atoms with E-state index < -0.39 is 24.5 Å². The highest BCUT2D eigenvalue weighted by Crippen LogP contribution is 2.16. The number of aliphatic hydroxyl groups is 3. The first-order valence-corrected chi connectivity index (χ1v) is 3.33. The standard InChI is InChI=1S/C6H10O5/c7-3-1-4(6(9)10)11-5(8)2-3/h3-4,6-7,9-10H,1-2H2/t3-,4+/m1/s1. The summed E-state index contributed by atoms with van der Waals surface area (Å²) in [6.07, 6.45) is -3.48. The van der Waals surface area contributed by atoms with Crippen molar-refractivity contribution < 1.29 is 24.9 Å². The van der Waals surface area contributed by atoms with Crippen molar-refractivity contribution in [1.29, 1.82) is 0 Å². The molecule has 1 rings (SSSR count). The van der Waals surface area contributed by atoms with Crippen LogP contribution in [-0.2, 0) is 9.53 Å². The van der Waals surface area contributed by atoms with Crippen molar-refractivity contribution in [1.82, 2.24) is 0 Å². The minimum absolute atomic E-state index is 0.0663. The van der Waals surface area contributed by atoms with Gasteiger partial charge in [-0.1, -0.05) is 0 Å². The molecule has 11 heavy (non-hydrogen) atoms. The fourth-order valence-corrected chi connectivity index (χ4v) is 0.992. The molecule has 3 N–H and O–H groups in total. The molecule has 2 atom stereocenters. The second-order valence-corrected chi connectivity index (χ2v) is 2.54. The SMILES string of the molecule is O=C1C[C@H](O)C[C@@H](C(O)O)O1. The molecule has 1 aliphatic heterocycles. The predicted octanol–water partition coefficient (Wildman–Crippen LogP) is -1.64. The highest BCUT2D eigenvalue weighted by atomic mass is 16.6. The van der Waals surface area contributed by atoms with E-state index >= 15 is 0 Å². The quantitative estimate of drug-likeness (QED) is 0.318. The molecule has 1 heterocycles. The number of hydrogen-bond acceptors (Lipinski definition) is 5. The molecule has 0 spiro atoms. The van der Waals surface area contributed by atoms with Crippen molar-refractivity contribution >= 4 is 5.97 Å². The van der Waals surface area contributed by atoms with E-state index in [1.165, 1.54) is 0 Å². The third-order valence-corrected chi connectivity index (χ3v) is 1.52. The Balaban J connectivity index is 2.49. The monoisotopic (exact) mass is 162 g/mol. The van der Waals surface area contributed by atoms with E-state index in [1.54, 1.807) is 0 Å². The normalized spacial score (nSPS) is 32.2. The molecule has 1 aliphatic rings. The molecule has 1 saturated heterocycles. The lowest BCUT2D eigenvalue weighted by molar-refractivity contribution is -0.192. The first kappa shape index (κ1) is 8.45. The number of esters is 1. The summed E-state index contributed by atoms with van der Waals surface area (Å²) in [6, 6.07) is 0. The van der Waals surface area contributed by atoms with Gasteiger partial charge in [0.2, 0.25) is 0 Å². The largest absolute Gasteiger partial charge is 0.457 e. The number of carbonyl (C=O) groups excluding carboxylic acids is 1. The number of aliphatic hydroxyl groups excluding tert-OH is 2. The summed E-state index contributed by atoms with van der Waals surface area (Å²) in [5.41, 5.74) is 0. The first-order valence-electron chi connectivity index (χ1n) is 3.33. The third kappa shape index (κ3) is 2.14. The van der Waals surface area contributed by atoms with Crippen LogP contribution in [0.3, 0.4) is 0 Å². The van der Waals surface area contributed by atoms with Gasteiger partial charge in [-0.25, -0.2) is 0 Å². The molecule has 1 fully saturated rings. The molecule has 5 nitrogen and oxygen atoms in total. The number of carbonyl (C=O) groups is 1. The van der Waals surface area contributed by atoms with Crippen molar-refractivity contribution in [3.05, 3.63) is 0 Å². The minimum atomic E-state index is -1.70. The van der Waals surface area contributed by atoms with Gasteiger partial charge in [0.25, 0.3) is 0 Å². The maximum atomic E-state index is 10.6. The van der Waals surface area contributed by atoms with Crippen LogP contribution in [0.2, 0.25) is 0 Å². The van der Waals surface area contributed by atoms with Gasteiger partial charge in [-0.05, 0) is 0 Å². The van der Waals surface area contributed by atoms with Crippen LogP contribution in [0.5, 0.6) is 0 Å². The van der Waals surface area contributed by atoms with E-state index in [-0.39, 0.29) is 12.8 Å². The fraction of sp³-hybridized carbons (Fsp3) is 0.833. The van der Waals surface area contributed by atoms with E-state index in [4.69, 9.17) is 15.3 Å². The topological polar surface area (TPSA) is 87.0 Å². The Hall–Kier alpha value is -0.650. The maximum Gasteiger partial charge on any atom is 0.308 e. The highest BCUT2D eigenvalue weighted by molar-refractivity contribution is 5.70. The Kier molecular flexibility index (Phi) is 2.43. The molecule has 0 saturated carbocycles. The van der Waals surface area contributed by atoms with Crippen molar-refractivity contribution in [3.63, 3.8) is 0 Å². The zero-order valence-corrected chi connectivity index (χ0v) is 5.80. The second kappa shape index (κ2) is 3.17. The highest BCUT2D eigenvalue weighted by Gasteiger charge is 2.31. The lowest BCUT2D eigenvalue weighted by Gasteiger charge is -2.26. The molecule has 0 aromatic carbocycles. The van der Waals surface area contributed by atoms with E-state index in [1.807, 2.05) is 0 Å². The summed E-state index contributed by atoms with van der Waals surface area (Å²) in [5, 5.41) is 26.1. The molecule has 0 amide bonds. The van der Waals surface area contributed by atoms with Crippen LogP contribution in [0.15, 0.2) is 0 Å². The second-order valence-electron chi connectivity index (χ2n) is 2.54. The first-order chi connectivity index (χ1) is 5.09. The Morgan fingerprint density at radius 1 is 1.55 bits per heavy atom. The molecule has 0 aromatic heterocycles. The number of rotatable bonds is 1. The summed E-state index contributed by atoms with van der Waals surface area (Å²) in [4.78, 5) is 10.6. The summed E-state index contributed by atoms with van der Waals surface area (Å²) in [7, 11) is 0. The molecule has 0 radical (unpaired) electrons. The van der Waals surface area contributed by atoms with Crippen LogP contribution in [0.1, 0.15) is 12.8 Å². The van der Waals surface area contributed by atoms with E-state index in [2.05, 4.69) is 4.74 Å². The van der Waals surface area contributed by atoms with E-state index in [0.717, 1.165) is 0 Å². The van der Waals surface area contributed by atoms with Crippen LogP contribution in [0.25, 0.3) is 0 Å². The smallest absolute Gasteiger partial charge is 0.308 e. The molecular weight excluding hydrogens is 152 g/mol. The minimum Gasteiger partial charge on any atom is -0.457 e. The Bertz CT molecular complexity index is 155. The van der Waals surface area contributed by atoms with Crippen molar-refractivity contribution in [2.75, 3.05) is 0 Å². The summed E-state index contributed by atoms with van der Waals surface area (Å²) in [5.74, 6) is -0.596. The van der Waals surface area contributed by atoms with E-state index in [9.17, 15) is 4.79 Å². The number of cyclic esters (lactones) is 1. The molecule has 0 aliphatic carbocycles. The Morgan fingerprint density at radius 2 is 2.18 bits per heavy atom. The lowest BCUT2D eigenvalue weighted by Crippen LogP contribution is -2.39. The van der Waals surface area contributed by atoms with Crippen molar-refractivity contribution in [2.45, 2.75) is 31.3 Å². The van der Waals surface area contributed by atoms with E-state index in [0.29, 0.717) is 0 Å². The third-order valence-electron chi connectivity index (χ3n) is 1.52. The zero-order chi connectivity index (χ0) is 8.43. The van der Waals surface area contributed by atoms with Gasteiger partial charge in [0.1, 0.15) is 0 Å². The molecular formula is C6H10O5. The number of hydrogen-bond donors (Lipinski definition) is 3. The van der Waals surface area contributed by atoms with Gasteiger partial charge in [0.15, 0.2) is 12.4 Å². The molecule has 5 heteroatoms. The van der Waals surface area contributed by atoms with Crippen molar-refractivity contribution in [2.24, 2.45) is 0 Å². The Labute approximate surface area is 63.2 Å². The van der Waals surface area contributed by atoms with Gasteiger partial charge in [-0.15, -0.1) is 0 Å². The van der Waals surface area contributed by atoms with Crippen molar-refractivity contribution in [3.8, 4) is 0 Å². The summed E-state index contributed by atoms with van der Waals surface area (Å²) in [6.45, 7) is 0. The van der Waals surface area contributed by atoms with Gasteiger partial charge < -0.3 is 20.1 Å². The average molecular weight is 162 g/mol.